The zero-order valence-electron chi connectivity index (χ0n) is 10.7. The van der Waals surface area contributed by atoms with Crippen LogP contribution in [-0.4, -0.2) is 17.0 Å². The van der Waals surface area contributed by atoms with Gasteiger partial charge < -0.3 is 5.11 Å². The molecule has 0 radical (unpaired) electrons. The molecule has 1 N–H and O–H groups in total. The summed E-state index contributed by atoms with van der Waals surface area (Å²) in [4.78, 5) is 11.5. The standard InChI is InChI=1S/C14H24O2/c1-9-4-5-13(16)14(3)7-6-11(10(2)15)8-12(9)14/h9,11-13,16H,4-8H2,1-3H3/t9-,11+,12-,13+,14+/m0/s1. The highest BCUT2D eigenvalue weighted by Gasteiger charge is 2.49. The summed E-state index contributed by atoms with van der Waals surface area (Å²) in [6, 6.07) is 0. The maximum absolute atomic E-state index is 11.5. The van der Waals surface area contributed by atoms with E-state index in [1.807, 2.05) is 0 Å². The van der Waals surface area contributed by atoms with Crippen LogP contribution in [-0.2, 0) is 4.79 Å². The van der Waals surface area contributed by atoms with Crippen molar-refractivity contribution in [1.29, 1.82) is 0 Å². The molecule has 0 heterocycles. The van der Waals surface area contributed by atoms with Crippen molar-refractivity contribution in [2.75, 3.05) is 0 Å². The molecule has 0 aromatic heterocycles. The lowest BCUT2D eigenvalue weighted by molar-refractivity contribution is -0.131. The molecule has 2 aliphatic carbocycles. The molecule has 0 bridgehead atoms. The van der Waals surface area contributed by atoms with Crippen LogP contribution in [0.1, 0.15) is 52.9 Å². The number of ketones is 1. The van der Waals surface area contributed by atoms with Gasteiger partial charge in [-0.2, -0.15) is 0 Å². The van der Waals surface area contributed by atoms with Gasteiger partial charge in [0.05, 0.1) is 6.10 Å². The monoisotopic (exact) mass is 224 g/mol. The van der Waals surface area contributed by atoms with Crippen molar-refractivity contribution >= 4 is 5.78 Å². The highest BCUT2D eigenvalue weighted by Crippen LogP contribution is 2.53. The fourth-order valence-electron chi connectivity index (χ4n) is 3.98. The summed E-state index contributed by atoms with van der Waals surface area (Å²) < 4.78 is 0. The van der Waals surface area contributed by atoms with Gasteiger partial charge in [0.2, 0.25) is 0 Å². The van der Waals surface area contributed by atoms with E-state index in [9.17, 15) is 9.90 Å². The Morgan fingerprint density at radius 3 is 2.62 bits per heavy atom. The molecule has 0 spiro atoms. The number of fused-ring (bicyclic) bond motifs is 1. The zero-order chi connectivity index (χ0) is 11.9. The van der Waals surface area contributed by atoms with Crippen LogP contribution in [0.2, 0.25) is 0 Å². The van der Waals surface area contributed by atoms with Gasteiger partial charge in [0.1, 0.15) is 5.78 Å². The zero-order valence-corrected chi connectivity index (χ0v) is 10.7. The molecule has 0 aliphatic heterocycles. The Hall–Kier alpha value is -0.370. The largest absolute Gasteiger partial charge is 0.393 e. The number of Topliss-reactive ketones (excluding diaryl/α,β-unsaturated/α-hetero) is 1. The molecule has 2 fully saturated rings. The molecule has 5 atom stereocenters. The van der Waals surface area contributed by atoms with E-state index in [1.165, 1.54) is 0 Å². The lowest BCUT2D eigenvalue weighted by Gasteiger charge is -2.52. The first-order chi connectivity index (χ1) is 7.45. The molecule has 2 rings (SSSR count). The van der Waals surface area contributed by atoms with Crippen molar-refractivity contribution in [3.05, 3.63) is 0 Å². The van der Waals surface area contributed by atoms with Crippen LogP contribution in [0, 0.1) is 23.2 Å². The van der Waals surface area contributed by atoms with E-state index in [1.54, 1.807) is 6.92 Å². The van der Waals surface area contributed by atoms with Gasteiger partial charge >= 0.3 is 0 Å². The van der Waals surface area contributed by atoms with Gasteiger partial charge in [-0.15, -0.1) is 0 Å². The molecule has 92 valence electrons. The van der Waals surface area contributed by atoms with Crippen molar-refractivity contribution in [2.24, 2.45) is 23.2 Å². The first-order valence-corrected chi connectivity index (χ1v) is 6.63. The minimum absolute atomic E-state index is 0.0730. The summed E-state index contributed by atoms with van der Waals surface area (Å²) in [5.74, 6) is 1.80. The minimum atomic E-state index is -0.151. The topological polar surface area (TPSA) is 37.3 Å². The van der Waals surface area contributed by atoms with E-state index < -0.39 is 0 Å². The molecule has 2 saturated carbocycles. The predicted octanol–water partition coefficient (Wildman–Crippen LogP) is 2.79. The average Bonchev–Trinajstić information content (AvgIpc) is 2.24. The lowest BCUT2D eigenvalue weighted by atomic mass is 9.53. The summed E-state index contributed by atoms with van der Waals surface area (Å²) >= 11 is 0. The van der Waals surface area contributed by atoms with Gasteiger partial charge in [-0.25, -0.2) is 0 Å². The van der Waals surface area contributed by atoms with Gasteiger partial charge in [0.15, 0.2) is 0 Å². The second-order valence-corrected chi connectivity index (χ2v) is 6.26. The van der Waals surface area contributed by atoms with E-state index in [-0.39, 0.29) is 17.4 Å². The molecular weight excluding hydrogens is 200 g/mol. The Kier molecular flexibility index (Phi) is 3.13. The highest BCUT2D eigenvalue weighted by atomic mass is 16.3. The average molecular weight is 224 g/mol. The van der Waals surface area contributed by atoms with Gasteiger partial charge in [-0.3, -0.25) is 4.79 Å². The van der Waals surface area contributed by atoms with E-state index in [2.05, 4.69) is 13.8 Å². The van der Waals surface area contributed by atoms with Crippen molar-refractivity contribution in [3.63, 3.8) is 0 Å². The summed E-state index contributed by atoms with van der Waals surface area (Å²) in [5.41, 5.74) is 0.0730. The van der Waals surface area contributed by atoms with Gasteiger partial charge in [-0.1, -0.05) is 13.8 Å². The molecule has 16 heavy (non-hydrogen) atoms. The Balaban J connectivity index is 2.18. The van der Waals surface area contributed by atoms with Gasteiger partial charge in [-0.05, 0) is 56.3 Å². The first kappa shape index (κ1) is 12.1. The second-order valence-electron chi connectivity index (χ2n) is 6.26. The number of carbonyl (C=O) groups is 1. The molecule has 2 heteroatoms. The minimum Gasteiger partial charge on any atom is -0.393 e. The SMILES string of the molecule is CC(=O)[C@@H]1CC[C@@]2(C)[C@H](O)CC[C@H](C)[C@@H]2C1. The second kappa shape index (κ2) is 4.14. The van der Waals surface area contributed by atoms with Crippen molar-refractivity contribution in [3.8, 4) is 0 Å². The molecule has 0 saturated heterocycles. The van der Waals surface area contributed by atoms with E-state index in [0.29, 0.717) is 17.6 Å². The van der Waals surface area contributed by atoms with Crippen LogP contribution in [0.15, 0.2) is 0 Å². The summed E-state index contributed by atoms with van der Waals surface area (Å²) in [6.07, 6.45) is 4.91. The normalized spacial score (nSPS) is 48.5. The number of hydrogen-bond donors (Lipinski definition) is 1. The lowest BCUT2D eigenvalue weighted by Crippen LogP contribution is -2.50. The van der Waals surface area contributed by atoms with E-state index in [0.717, 1.165) is 32.1 Å². The van der Waals surface area contributed by atoms with Crippen molar-refractivity contribution in [2.45, 2.75) is 59.0 Å². The summed E-state index contributed by atoms with van der Waals surface area (Å²) in [7, 11) is 0. The fraction of sp³-hybridized carbons (Fsp3) is 0.929. The van der Waals surface area contributed by atoms with E-state index >= 15 is 0 Å². The predicted molar refractivity (Wildman–Crippen MR) is 64.0 cm³/mol. The molecule has 0 amide bonds. The Morgan fingerprint density at radius 2 is 2.00 bits per heavy atom. The molecule has 2 nitrogen and oxygen atoms in total. The smallest absolute Gasteiger partial charge is 0.132 e. The van der Waals surface area contributed by atoms with Crippen LogP contribution < -0.4 is 0 Å². The van der Waals surface area contributed by atoms with E-state index in [4.69, 9.17) is 0 Å². The van der Waals surface area contributed by atoms with Crippen LogP contribution in [0.5, 0.6) is 0 Å². The number of aliphatic hydroxyl groups excluding tert-OH is 1. The number of rotatable bonds is 1. The quantitative estimate of drug-likeness (QED) is 0.743. The van der Waals surface area contributed by atoms with Crippen LogP contribution in [0.25, 0.3) is 0 Å². The molecule has 0 unspecified atom stereocenters. The summed E-state index contributed by atoms with van der Waals surface area (Å²) in [6.45, 7) is 6.24. The fourth-order valence-corrected chi connectivity index (χ4v) is 3.98. The van der Waals surface area contributed by atoms with Gasteiger partial charge in [0, 0.05) is 5.92 Å². The summed E-state index contributed by atoms with van der Waals surface area (Å²) in [5, 5.41) is 10.2. The highest BCUT2D eigenvalue weighted by molar-refractivity contribution is 5.78. The first-order valence-electron chi connectivity index (χ1n) is 6.63. The maximum atomic E-state index is 11.5. The molecular formula is C14H24O2. The number of carbonyl (C=O) groups excluding carboxylic acids is 1. The Morgan fingerprint density at radius 1 is 1.31 bits per heavy atom. The Bertz CT molecular complexity index is 286. The molecule has 0 aromatic carbocycles. The molecule has 2 aliphatic rings. The third kappa shape index (κ3) is 1.81. The number of aliphatic hydroxyl groups is 1. The van der Waals surface area contributed by atoms with Crippen molar-refractivity contribution in [1.82, 2.24) is 0 Å². The Labute approximate surface area is 98.4 Å². The molecule has 0 aromatic rings. The van der Waals surface area contributed by atoms with Crippen LogP contribution in [0.3, 0.4) is 0 Å². The van der Waals surface area contributed by atoms with Gasteiger partial charge in [0.25, 0.3) is 0 Å². The maximum Gasteiger partial charge on any atom is 0.132 e. The van der Waals surface area contributed by atoms with Crippen molar-refractivity contribution < 1.29 is 9.90 Å². The number of hydrogen-bond acceptors (Lipinski definition) is 2. The third-order valence-corrected chi connectivity index (χ3v) is 5.34. The third-order valence-electron chi connectivity index (χ3n) is 5.34. The van der Waals surface area contributed by atoms with Crippen LogP contribution >= 0.6 is 0 Å². The van der Waals surface area contributed by atoms with Crippen LogP contribution in [0.4, 0.5) is 0 Å².